The molecule has 1 fully saturated rings. The van der Waals surface area contributed by atoms with Crippen LogP contribution in [0, 0.1) is 0 Å². The SMILES string of the molecule is COc1ccc2c3c1O[C@@H]1C(OC(=O)[C@@H](OC(=O)CCC(=O)O)c4ccccc4)=CC[C@]4(O)[C@H](C2)N(C)CC[C@@]314. The van der Waals surface area contributed by atoms with E-state index in [-0.39, 0.29) is 24.6 Å². The quantitative estimate of drug-likeness (QED) is 0.474. The van der Waals surface area contributed by atoms with Crippen LogP contribution in [-0.4, -0.2) is 71.5 Å². The largest absolute Gasteiger partial charge is 0.493 e. The number of esters is 2. The summed E-state index contributed by atoms with van der Waals surface area (Å²) in [5.41, 5.74) is 0.352. The minimum absolute atomic E-state index is 0.153. The van der Waals surface area contributed by atoms with Crippen molar-refractivity contribution < 1.29 is 43.5 Å². The maximum absolute atomic E-state index is 13.6. The molecule has 4 aliphatic rings. The highest BCUT2D eigenvalue weighted by Gasteiger charge is 2.72. The minimum atomic E-state index is -1.41. The molecule has 0 radical (unpaired) electrons. The van der Waals surface area contributed by atoms with Crippen molar-refractivity contribution in [3.8, 4) is 11.5 Å². The van der Waals surface area contributed by atoms with Crippen LogP contribution in [0.25, 0.3) is 0 Å². The summed E-state index contributed by atoms with van der Waals surface area (Å²) in [4.78, 5) is 39.2. The molecule has 0 saturated carbocycles. The first kappa shape index (κ1) is 26.3. The van der Waals surface area contributed by atoms with Crippen molar-refractivity contribution in [3.63, 3.8) is 0 Å². The Hall–Kier alpha value is -3.89. The number of likely N-dealkylation sites (tertiary alicyclic amines) is 1. The van der Waals surface area contributed by atoms with Crippen LogP contribution in [0.2, 0.25) is 0 Å². The molecule has 210 valence electrons. The zero-order valence-corrected chi connectivity index (χ0v) is 22.3. The highest BCUT2D eigenvalue weighted by atomic mass is 16.6. The molecular weight excluding hydrogens is 518 g/mol. The van der Waals surface area contributed by atoms with E-state index in [2.05, 4.69) is 4.90 Å². The third kappa shape index (κ3) is 3.81. The predicted octanol–water partition coefficient (Wildman–Crippen LogP) is 2.67. The number of methoxy groups -OCH3 is 1. The molecule has 0 unspecified atom stereocenters. The van der Waals surface area contributed by atoms with Crippen LogP contribution in [0.15, 0.2) is 54.3 Å². The van der Waals surface area contributed by atoms with Crippen LogP contribution < -0.4 is 9.47 Å². The summed E-state index contributed by atoms with van der Waals surface area (Å²) in [5.74, 6) is -1.48. The third-order valence-corrected chi connectivity index (χ3v) is 8.89. The molecule has 2 aliphatic heterocycles. The summed E-state index contributed by atoms with van der Waals surface area (Å²) < 4.78 is 23.5. The second-order valence-electron chi connectivity index (χ2n) is 10.9. The van der Waals surface area contributed by atoms with Gasteiger partial charge in [0.05, 0.1) is 31.0 Å². The number of likely N-dealkylation sites (N-methyl/N-ethyl adjacent to an activating group) is 1. The van der Waals surface area contributed by atoms with Crippen molar-refractivity contribution in [2.75, 3.05) is 20.7 Å². The van der Waals surface area contributed by atoms with Crippen LogP contribution in [-0.2, 0) is 35.7 Å². The van der Waals surface area contributed by atoms with Gasteiger partial charge in [0.1, 0.15) is 5.76 Å². The zero-order chi connectivity index (χ0) is 28.2. The van der Waals surface area contributed by atoms with Gasteiger partial charge >= 0.3 is 17.9 Å². The average Bonchev–Trinajstić information content (AvgIpc) is 3.30. The number of benzene rings is 2. The molecule has 40 heavy (non-hydrogen) atoms. The maximum Gasteiger partial charge on any atom is 0.357 e. The molecule has 2 aromatic rings. The fourth-order valence-corrected chi connectivity index (χ4v) is 7.04. The second kappa shape index (κ2) is 9.64. The van der Waals surface area contributed by atoms with Gasteiger partial charge in [0.2, 0.25) is 6.10 Å². The highest BCUT2D eigenvalue weighted by molar-refractivity contribution is 5.83. The number of hydrogen-bond acceptors (Lipinski definition) is 9. The number of carboxylic acid groups (broad SMARTS) is 1. The van der Waals surface area contributed by atoms with Crippen LogP contribution in [0.4, 0.5) is 0 Å². The lowest BCUT2D eigenvalue weighted by Crippen LogP contribution is -2.74. The monoisotopic (exact) mass is 549 g/mol. The van der Waals surface area contributed by atoms with E-state index in [9.17, 15) is 19.5 Å². The van der Waals surface area contributed by atoms with Crippen molar-refractivity contribution in [3.05, 3.63) is 71.0 Å². The average molecular weight is 550 g/mol. The number of hydrogen-bond donors (Lipinski definition) is 2. The summed E-state index contributed by atoms with van der Waals surface area (Å²) in [6, 6.07) is 12.1. The Labute approximate surface area is 231 Å². The Bertz CT molecular complexity index is 1410. The molecule has 1 saturated heterocycles. The molecule has 2 N–H and O–H groups in total. The molecule has 2 bridgehead atoms. The zero-order valence-electron chi connectivity index (χ0n) is 22.3. The molecule has 5 atom stereocenters. The Morgan fingerprint density at radius 3 is 2.65 bits per heavy atom. The summed E-state index contributed by atoms with van der Waals surface area (Å²) in [6.07, 6.45) is 0.166. The number of carbonyl (C=O) groups is 3. The molecule has 10 nitrogen and oxygen atoms in total. The molecule has 2 heterocycles. The summed E-state index contributed by atoms with van der Waals surface area (Å²) in [5, 5.41) is 21.3. The van der Waals surface area contributed by atoms with Gasteiger partial charge < -0.3 is 34.1 Å². The van der Waals surface area contributed by atoms with Crippen LogP contribution >= 0.6 is 0 Å². The van der Waals surface area contributed by atoms with E-state index in [0.29, 0.717) is 29.9 Å². The van der Waals surface area contributed by atoms with Gasteiger partial charge in [-0.15, -0.1) is 0 Å². The van der Waals surface area contributed by atoms with Crippen molar-refractivity contribution in [2.45, 2.75) is 61.4 Å². The topological polar surface area (TPSA) is 132 Å². The van der Waals surface area contributed by atoms with Crippen LogP contribution in [0.1, 0.15) is 48.5 Å². The van der Waals surface area contributed by atoms with Gasteiger partial charge in [-0.25, -0.2) is 4.79 Å². The number of nitrogens with zero attached hydrogens (tertiary/aromatic N) is 1. The second-order valence-corrected chi connectivity index (χ2v) is 10.9. The molecule has 1 spiro atoms. The number of rotatable bonds is 8. The van der Waals surface area contributed by atoms with Crippen molar-refractivity contribution in [1.29, 1.82) is 0 Å². The summed E-state index contributed by atoms with van der Waals surface area (Å²) in [7, 11) is 3.58. The molecule has 10 heteroatoms. The summed E-state index contributed by atoms with van der Waals surface area (Å²) >= 11 is 0. The smallest absolute Gasteiger partial charge is 0.357 e. The maximum atomic E-state index is 13.6. The Kier molecular flexibility index (Phi) is 6.35. The van der Waals surface area contributed by atoms with Gasteiger partial charge in [0.25, 0.3) is 0 Å². The van der Waals surface area contributed by atoms with Crippen molar-refractivity contribution >= 4 is 17.9 Å². The number of piperidine rings is 1. The van der Waals surface area contributed by atoms with Gasteiger partial charge in [-0.3, -0.25) is 9.59 Å². The third-order valence-electron chi connectivity index (χ3n) is 8.89. The standard InChI is InChI=1S/C30H31NO9/c1-31-15-14-29-24-18-8-9-19(37-2)26(24)40-27(29)20(12-13-30(29,36)21(31)16-18)38-28(35)25(17-6-4-3-5-7-17)39-23(34)11-10-22(32)33/h3-9,12,21,25,27,36H,10-11,13-16H2,1-2H3,(H,32,33)/t21-,25-,27+,29+,30-/m0/s1. The lowest BCUT2D eigenvalue weighted by Gasteiger charge is -2.61. The van der Waals surface area contributed by atoms with Gasteiger partial charge in [-0.1, -0.05) is 36.4 Å². The highest BCUT2D eigenvalue weighted by Crippen LogP contribution is 2.65. The number of carboxylic acids is 1. The van der Waals surface area contributed by atoms with E-state index < -0.39 is 47.6 Å². The van der Waals surface area contributed by atoms with E-state index in [1.54, 1.807) is 43.5 Å². The lowest BCUT2D eigenvalue weighted by molar-refractivity contribution is -0.176. The number of aliphatic carboxylic acids is 1. The van der Waals surface area contributed by atoms with Crippen molar-refractivity contribution in [2.24, 2.45) is 0 Å². The molecule has 2 aromatic carbocycles. The van der Waals surface area contributed by atoms with Crippen LogP contribution in [0.5, 0.6) is 11.5 Å². The molecule has 2 aliphatic carbocycles. The Morgan fingerprint density at radius 1 is 1.15 bits per heavy atom. The number of ether oxygens (including phenoxy) is 4. The van der Waals surface area contributed by atoms with Gasteiger partial charge in [0.15, 0.2) is 17.6 Å². The fourth-order valence-electron chi connectivity index (χ4n) is 7.04. The first-order valence-electron chi connectivity index (χ1n) is 13.4. The molecule has 0 amide bonds. The Morgan fingerprint density at radius 2 is 1.93 bits per heavy atom. The number of aliphatic hydroxyl groups is 1. The van der Waals surface area contributed by atoms with E-state index in [4.69, 9.17) is 24.1 Å². The lowest BCUT2D eigenvalue weighted by atomic mass is 9.50. The summed E-state index contributed by atoms with van der Waals surface area (Å²) in [6.45, 7) is 0.720. The van der Waals surface area contributed by atoms with Crippen LogP contribution in [0.3, 0.4) is 0 Å². The first-order chi connectivity index (χ1) is 19.2. The number of carbonyl (C=O) groups excluding carboxylic acids is 2. The normalized spacial score (nSPS) is 28.4. The van der Waals surface area contributed by atoms with E-state index in [0.717, 1.165) is 17.7 Å². The van der Waals surface area contributed by atoms with Gasteiger partial charge in [-0.2, -0.15) is 0 Å². The predicted molar refractivity (Wildman–Crippen MR) is 140 cm³/mol. The van der Waals surface area contributed by atoms with E-state index in [1.165, 1.54) is 0 Å². The molecule has 6 rings (SSSR count). The van der Waals surface area contributed by atoms with E-state index >= 15 is 0 Å². The fraction of sp³-hybridized carbons (Fsp3) is 0.433. The van der Waals surface area contributed by atoms with E-state index in [1.807, 2.05) is 19.2 Å². The first-order valence-corrected chi connectivity index (χ1v) is 13.4. The Balaban J connectivity index is 1.36. The van der Waals surface area contributed by atoms with Gasteiger partial charge in [-0.05, 0) is 44.1 Å². The minimum Gasteiger partial charge on any atom is -0.493 e. The molecule has 0 aromatic heterocycles. The van der Waals surface area contributed by atoms with Gasteiger partial charge in [0, 0.05) is 23.6 Å². The van der Waals surface area contributed by atoms with Crippen molar-refractivity contribution in [1.82, 2.24) is 4.90 Å². The molecular formula is C30H31NO9.